The molecule has 0 spiro atoms. The molecule has 1 fully saturated rings. The Morgan fingerprint density at radius 1 is 1.17 bits per heavy atom. The molecule has 24 heavy (non-hydrogen) atoms. The molecule has 0 radical (unpaired) electrons. The molecular weight excluding hydrogens is 302 g/mol. The Hall–Kier alpha value is -1.06. The van der Waals surface area contributed by atoms with E-state index in [1.54, 1.807) is 4.90 Å². The number of ether oxygens (including phenoxy) is 1. The van der Waals surface area contributed by atoms with Crippen molar-refractivity contribution in [2.45, 2.75) is 74.7 Å². The molecule has 1 aliphatic rings. The fourth-order valence-corrected chi connectivity index (χ4v) is 3.61. The molecule has 1 unspecified atom stereocenters. The van der Waals surface area contributed by atoms with Gasteiger partial charge in [-0.3, -0.25) is 9.59 Å². The van der Waals surface area contributed by atoms with E-state index in [4.69, 9.17) is 4.74 Å². The second kappa shape index (κ2) is 7.45. The maximum Gasteiger partial charge on any atom is 0.312 e. The number of hydrogen-bond donors (Lipinski definition) is 0. The summed E-state index contributed by atoms with van der Waals surface area (Å²) in [4.78, 5) is 26.5. The van der Waals surface area contributed by atoms with Crippen molar-refractivity contribution < 1.29 is 14.3 Å². The third kappa shape index (κ3) is 4.73. The molecule has 0 aromatic rings. The molecule has 1 heterocycles. The average Bonchev–Trinajstić information content (AvgIpc) is 2.81. The predicted molar refractivity (Wildman–Crippen MR) is 97.6 cm³/mol. The molecule has 4 heteroatoms. The van der Waals surface area contributed by atoms with Gasteiger partial charge < -0.3 is 9.64 Å². The van der Waals surface area contributed by atoms with Crippen molar-refractivity contribution in [3.05, 3.63) is 0 Å². The van der Waals surface area contributed by atoms with Crippen LogP contribution < -0.4 is 0 Å². The molecule has 0 aromatic heterocycles. The molecule has 0 saturated carbocycles. The second-order valence-electron chi connectivity index (χ2n) is 9.57. The Bertz CT molecular complexity index is 462. The molecule has 1 amide bonds. The van der Waals surface area contributed by atoms with Crippen LogP contribution in [0, 0.1) is 22.2 Å². The summed E-state index contributed by atoms with van der Waals surface area (Å²) < 4.78 is 5.67. The number of likely N-dealkylation sites (tertiary alicyclic amines) is 1. The first kappa shape index (κ1) is 21.0. The van der Waals surface area contributed by atoms with Gasteiger partial charge in [0, 0.05) is 13.0 Å². The van der Waals surface area contributed by atoms with Gasteiger partial charge in [-0.15, -0.1) is 0 Å². The summed E-state index contributed by atoms with van der Waals surface area (Å²) in [7, 11) is 0. The van der Waals surface area contributed by atoms with Crippen LogP contribution in [0.3, 0.4) is 0 Å². The van der Waals surface area contributed by atoms with Crippen molar-refractivity contribution >= 4 is 11.9 Å². The summed E-state index contributed by atoms with van der Waals surface area (Å²) >= 11 is 0. The molecule has 1 saturated heterocycles. The molecular formula is C20H37NO3. The van der Waals surface area contributed by atoms with Crippen LogP contribution in [-0.2, 0) is 14.3 Å². The van der Waals surface area contributed by atoms with Crippen LogP contribution in [0.25, 0.3) is 0 Å². The summed E-state index contributed by atoms with van der Waals surface area (Å²) in [6.07, 6.45) is 2.30. The van der Waals surface area contributed by atoms with E-state index in [2.05, 4.69) is 48.5 Å². The minimum atomic E-state index is -0.561. The number of rotatable bonds is 7. The number of hydrogen-bond acceptors (Lipinski definition) is 3. The Labute approximate surface area is 148 Å². The van der Waals surface area contributed by atoms with Gasteiger partial charge in [0.15, 0.2) is 0 Å². The lowest BCUT2D eigenvalue weighted by molar-refractivity contribution is -0.169. The topological polar surface area (TPSA) is 46.6 Å². The van der Waals surface area contributed by atoms with Crippen LogP contribution in [0.5, 0.6) is 0 Å². The van der Waals surface area contributed by atoms with Crippen molar-refractivity contribution in [1.29, 1.82) is 0 Å². The largest absolute Gasteiger partial charge is 0.463 e. The van der Waals surface area contributed by atoms with Crippen molar-refractivity contribution in [2.24, 2.45) is 22.2 Å². The SMILES string of the molecule is CC(C)C(C)(C)C(C)(CC(C)(C)C)C(=O)OCCN1CCCC1=O. The quantitative estimate of drug-likeness (QED) is 0.651. The average molecular weight is 340 g/mol. The molecule has 1 aliphatic heterocycles. The van der Waals surface area contributed by atoms with Gasteiger partial charge >= 0.3 is 5.97 Å². The van der Waals surface area contributed by atoms with E-state index in [0.29, 0.717) is 25.5 Å². The molecule has 0 bridgehead atoms. The summed E-state index contributed by atoms with van der Waals surface area (Å²) in [5, 5.41) is 0. The van der Waals surface area contributed by atoms with Crippen LogP contribution in [0.2, 0.25) is 0 Å². The number of carbonyl (C=O) groups is 2. The van der Waals surface area contributed by atoms with Crippen LogP contribution in [0.15, 0.2) is 0 Å². The zero-order valence-corrected chi connectivity index (χ0v) is 17.0. The molecule has 1 rings (SSSR count). The fourth-order valence-electron chi connectivity index (χ4n) is 3.61. The summed E-state index contributed by atoms with van der Waals surface area (Å²) in [6.45, 7) is 18.8. The summed E-state index contributed by atoms with van der Waals surface area (Å²) in [5.74, 6) is 0.395. The van der Waals surface area contributed by atoms with E-state index in [1.165, 1.54) is 0 Å². The first-order chi connectivity index (χ1) is 10.8. The Kier molecular flexibility index (Phi) is 6.51. The normalized spacial score (nSPS) is 18.9. The minimum absolute atomic E-state index is 0.0326. The zero-order chi connectivity index (χ0) is 18.8. The fraction of sp³-hybridized carbons (Fsp3) is 0.900. The maximum atomic E-state index is 13.0. The van der Waals surface area contributed by atoms with Gasteiger partial charge in [0.25, 0.3) is 0 Å². The van der Waals surface area contributed by atoms with E-state index >= 15 is 0 Å². The van der Waals surface area contributed by atoms with E-state index in [1.807, 2.05) is 6.92 Å². The second-order valence-corrected chi connectivity index (χ2v) is 9.57. The van der Waals surface area contributed by atoms with Gasteiger partial charge in [0.05, 0.1) is 12.0 Å². The van der Waals surface area contributed by atoms with E-state index in [0.717, 1.165) is 19.4 Å². The molecule has 0 N–H and O–H groups in total. The van der Waals surface area contributed by atoms with Crippen molar-refractivity contribution in [2.75, 3.05) is 19.7 Å². The predicted octanol–water partition coefficient (Wildman–Crippen LogP) is 4.28. The Morgan fingerprint density at radius 3 is 2.17 bits per heavy atom. The van der Waals surface area contributed by atoms with E-state index in [-0.39, 0.29) is 22.7 Å². The smallest absolute Gasteiger partial charge is 0.312 e. The van der Waals surface area contributed by atoms with E-state index in [9.17, 15) is 9.59 Å². The van der Waals surface area contributed by atoms with Crippen LogP contribution in [0.4, 0.5) is 0 Å². The molecule has 1 atom stereocenters. The van der Waals surface area contributed by atoms with Gasteiger partial charge in [-0.05, 0) is 36.5 Å². The molecule has 0 aliphatic carbocycles. The summed E-state index contributed by atoms with van der Waals surface area (Å²) in [5.41, 5.74) is -0.708. The Morgan fingerprint density at radius 2 is 1.75 bits per heavy atom. The number of carbonyl (C=O) groups excluding carboxylic acids is 2. The maximum absolute atomic E-state index is 13.0. The van der Waals surface area contributed by atoms with Gasteiger partial charge in [-0.2, -0.15) is 0 Å². The number of amides is 1. The third-order valence-corrected chi connectivity index (χ3v) is 5.97. The Balaban J connectivity index is 2.82. The lowest BCUT2D eigenvalue weighted by Crippen LogP contribution is -2.48. The monoisotopic (exact) mass is 339 g/mol. The van der Waals surface area contributed by atoms with Crippen molar-refractivity contribution in [1.82, 2.24) is 4.90 Å². The standard InChI is InChI=1S/C20H37NO3/c1-15(2)19(6,7)20(8,14-18(3,4)5)17(23)24-13-12-21-11-9-10-16(21)22/h15H,9-14H2,1-8H3. The van der Waals surface area contributed by atoms with Gasteiger partial charge in [-0.25, -0.2) is 0 Å². The highest BCUT2D eigenvalue weighted by molar-refractivity contribution is 5.79. The van der Waals surface area contributed by atoms with Crippen molar-refractivity contribution in [3.8, 4) is 0 Å². The molecule has 0 aromatic carbocycles. The first-order valence-corrected chi connectivity index (χ1v) is 9.26. The van der Waals surface area contributed by atoms with E-state index < -0.39 is 5.41 Å². The molecule has 4 nitrogen and oxygen atoms in total. The number of nitrogens with zero attached hydrogens (tertiary/aromatic N) is 1. The zero-order valence-electron chi connectivity index (χ0n) is 17.0. The number of esters is 1. The lowest BCUT2D eigenvalue weighted by Gasteiger charge is -2.48. The minimum Gasteiger partial charge on any atom is -0.463 e. The highest BCUT2D eigenvalue weighted by atomic mass is 16.5. The van der Waals surface area contributed by atoms with Crippen molar-refractivity contribution in [3.63, 3.8) is 0 Å². The first-order valence-electron chi connectivity index (χ1n) is 9.26. The van der Waals surface area contributed by atoms with Gasteiger partial charge in [0.2, 0.25) is 5.91 Å². The van der Waals surface area contributed by atoms with Crippen LogP contribution in [-0.4, -0.2) is 36.5 Å². The molecule has 140 valence electrons. The lowest BCUT2D eigenvalue weighted by atomic mass is 9.56. The highest BCUT2D eigenvalue weighted by Gasteiger charge is 2.51. The highest BCUT2D eigenvalue weighted by Crippen LogP contribution is 2.51. The van der Waals surface area contributed by atoms with Crippen LogP contribution >= 0.6 is 0 Å². The van der Waals surface area contributed by atoms with Crippen LogP contribution in [0.1, 0.15) is 74.7 Å². The summed E-state index contributed by atoms with van der Waals surface area (Å²) in [6, 6.07) is 0. The van der Waals surface area contributed by atoms with Gasteiger partial charge in [-0.1, -0.05) is 48.5 Å². The van der Waals surface area contributed by atoms with Gasteiger partial charge in [0.1, 0.15) is 6.61 Å². The third-order valence-electron chi connectivity index (χ3n) is 5.97.